The van der Waals surface area contributed by atoms with Gasteiger partial charge in [0.1, 0.15) is 5.92 Å². The van der Waals surface area contributed by atoms with Crippen LogP contribution < -0.4 is 0 Å². The number of aromatic amines is 1. The molecule has 0 aliphatic heterocycles. The first-order valence-electron chi connectivity index (χ1n) is 4.74. The fourth-order valence-corrected chi connectivity index (χ4v) is 1.58. The van der Waals surface area contributed by atoms with E-state index in [-0.39, 0.29) is 5.78 Å². The largest absolute Gasteiger partial charge is 0.361 e. The zero-order valence-electron chi connectivity index (χ0n) is 8.32. The van der Waals surface area contributed by atoms with Crippen LogP contribution in [-0.4, -0.2) is 10.8 Å². The third-order valence-electron chi connectivity index (χ3n) is 2.44. The summed E-state index contributed by atoms with van der Waals surface area (Å²) in [5.41, 5.74) is 1.40. The molecule has 0 saturated carbocycles. The summed E-state index contributed by atoms with van der Waals surface area (Å²) < 4.78 is 0. The summed E-state index contributed by atoms with van der Waals surface area (Å²) in [6.07, 6.45) is 1.79. The molecule has 1 heterocycles. The molecule has 0 amide bonds. The highest BCUT2D eigenvalue weighted by Gasteiger charge is 2.16. The highest BCUT2D eigenvalue weighted by Crippen LogP contribution is 2.19. The van der Waals surface area contributed by atoms with Crippen LogP contribution in [0.15, 0.2) is 30.5 Å². The van der Waals surface area contributed by atoms with Crippen molar-refractivity contribution in [1.29, 1.82) is 5.26 Å². The molecule has 1 unspecified atom stereocenters. The van der Waals surface area contributed by atoms with Gasteiger partial charge in [0.25, 0.3) is 0 Å². The predicted octanol–water partition coefficient (Wildman–Crippen LogP) is 2.51. The van der Waals surface area contributed by atoms with E-state index in [9.17, 15) is 4.79 Å². The summed E-state index contributed by atoms with van der Waals surface area (Å²) in [6, 6.07) is 9.36. The number of fused-ring (bicyclic) bond motifs is 1. The Labute approximate surface area is 87.3 Å². The summed E-state index contributed by atoms with van der Waals surface area (Å²) in [6.45, 7) is 1.62. The molecular formula is C12H10N2O. The van der Waals surface area contributed by atoms with Crippen LogP contribution in [0.1, 0.15) is 17.3 Å². The van der Waals surface area contributed by atoms with Crippen molar-refractivity contribution in [3.8, 4) is 6.07 Å². The van der Waals surface area contributed by atoms with Crippen LogP contribution in [0.2, 0.25) is 0 Å². The van der Waals surface area contributed by atoms with Crippen LogP contribution in [-0.2, 0) is 0 Å². The first-order valence-corrected chi connectivity index (χ1v) is 4.74. The number of nitriles is 1. The van der Waals surface area contributed by atoms with Gasteiger partial charge in [0.15, 0.2) is 5.78 Å². The monoisotopic (exact) mass is 198 g/mol. The first kappa shape index (κ1) is 9.47. The SMILES string of the molecule is CC(C#N)C(=O)c1cccc2cc[nH]c12. The number of hydrogen-bond acceptors (Lipinski definition) is 2. The number of carbonyl (C=O) groups excluding carboxylic acids is 1. The van der Waals surface area contributed by atoms with Gasteiger partial charge in [-0.15, -0.1) is 0 Å². The van der Waals surface area contributed by atoms with E-state index in [0.29, 0.717) is 5.56 Å². The molecule has 74 valence electrons. The minimum absolute atomic E-state index is 0.134. The summed E-state index contributed by atoms with van der Waals surface area (Å²) in [7, 11) is 0. The number of para-hydroxylation sites is 1. The first-order chi connectivity index (χ1) is 7.24. The smallest absolute Gasteiger partial charge is 0.181 e. The second-order valence-electron chi connectivity index (χ2n) is 3.46. The Morgan fingerprint density at radius 2 is 2.27 bits per heavy atom. The van der Waals surface area contributed by atoms with E-state index in [1.807, 2.05) is 24.3 Å². The second kappa shape index (κ2) is 3.58. The molecule has 0 fully saturated rings. The molecule has 0 aliphatic carbocycles. The van der Waals surface area contributed by atoms with E-state index in [0.717, 1.165) is 10.9 Å². The third-order valence-corrected chi connectivity index (χ3v) is 2.44. The topological polar surface area (TPSA) is 56.6 Å². The lowest BCUT2D eigenvalue weighted by Crippen LogP contribution is -2.09. The number of hydrogen-bond donors (Lipinski definition) is 1. The summed E-state index contributed by atoms with van der Waals surface area (Å²) in [5, 5.41) is 9.70. The number of Topliss-reactive ketones (excluding diaryl/α,β-unsaturated/α-hetero) is 1. The van der Waals surface area contributed by atoms with Crippen LogP contribution >= 0.6 is 0 Å². The molecule has 2 rings (SSSR count). The van der Waals surface area contributed by atoms with E-state index in [4.69, 9.17) is 5.26 Å². The maximum atomic E-state index is 11.8. The normalized spacial score (nSPS) is 12.3. The van der Waals surface area contributed by atoms with Crippen LogP contribution in [0.4, 0.5) is 0 Å². The Morgan fingerprint density at radius 3 is 3.00 bits per heavy atom. The zero-order valence-corrected chi connectivity index (χ0v) is 8.32. The molecular weight excluding hydrogens is 188 g/mol. The Hall–Kier alpha value is -2.08. The Bertz CT molecular complexity index is 548. The van der Waals surface area contributed by atoms with Crippen molar-refractivity contribution in [2.75, 3.05) is 0 Å². The summed E-state index contributed by atoms with van der Waals surface area (Å²) >= 11 is 0. The number of ketones is 1. The Balaban J connectivity index is 2.57. The van der Waals surface area contributed by atoms with Gasteiger partial charge in [-0.1, -0.05) is 12.1 Å². The molecule has 1 aromatic heterocycles. The number of carbonyl (C=O) groups is 1. The van der Waals surface area contributed by atoms with Gasteiger partial charge in [0, 0.05) is 17.1 Å². The lowest BCUT2D eigenvalue weighted by molar-refractivity contribution is 0.0958. The van der Waals surface area contributed by atoms with E-state index in [1.54, 1.807) is 19.2 Å². The predicted molar refractivity (Wildman–Crippen MR) is 57.4 cm³/mol. The van der Waals surface area contributed by atoms with Crippen molar-refractivity contribution in [1.82, 2.24) is 4.98 Å². The molecule has 1 atom stereocenters. The van der Waals surface area contributed by atoms with Gasteiger partial charge < -0.3 is 4.98 Å². The van der Waals surface area contributed by atoms with Gasteiger partial charge in [-0.3, -0.25) is 4.79 Å². The number of nitrogens with one attached hydrogen (secondary N) is 1. The van der Waals surface area contributed by atoms with Gasteiger partial charge in [-0.05, 0) is 19.1 Å². The van der Waals surface area contributed by atoms with Crippen molar-refractivity contribution >= 4 is 16.7 Å². The van der Waals surface area contributed by atoms with Crippen molar-refractivity contribution in [2.45, 2.75) is 6.92 Å². The fraction of sp³-hybridized carbons (Fsp3) is 0.167. The lowest BCUT2D eigenvalue weighted by atomic mass is 9.99. The van der Waals surface area contributed by atoms with Gasteiger partial charge in [0.05, 0.1) is 11.6 Å². The van der Waals surface area contributed by atoms with Crippen molar-refractivity contribution in [3.63, 3.8) is 0 Å². The number of aromatic nitrogens is 1. The minimum Gasteiger partial charge on any atom is -0.361 e. The van der Waals surface area contributed by atoms with Crippen LogP contribution in [0.3, 0.4) is 0 Å². The second-order valence-corrected chi connectivity index (χ2v) is 3.46. The quantitative estimate of drug-likeness (QED) is 0.754. The van der Waals surface area contributed by atoms with Gasteiger partial charge >= 0.3 is 0 Å². The molecule has 2 aromatic rings. The number of nitrogens with zero attached hydrogens (tertiary/aromatic N) is 1. The standard InChI is InChI=1S/C12H10N2O/c1-8(7-13)12(15)10-4-2-3-9-5-6-14-11(9)10/h2-6,8,14H,1H3. The highest BCUT2D eigenvalue weighted by atomic mass is 16.1. The average molecular weight is 198 g/mol. The number of benzene rings is 1. The van der Waals surface area contributed by atoms with Crippen LogP contribution in [0, 0.1) is 17.2 Å². The summed E-state index contributed by atoms with van der Waals surface area (Å²) in [5.74, 6) is -0.732. The van der Waals surface area contributed by atoms with E-state index in [2.05, 4.69) is 4.98 Å². The highest BCUT2D eigenvalue weighted by molar-refractivity contribution is 6.08. The van der Waals surface area contributed by atoms with Gasteiger partial charge in [-0.25, -0.2) is 0 Å². The number of H-pyrrole nitrogens is 1. The maximum Gasteiger partial charge on any atom is 0.181 e. The fourth-order valence-electron chi connectivity index (χ4n) is 1.58. The Morgan fingerprint density at radius 1 is 1.47 bits per heavy atom. The molecule has 1 N–H and O–H groups in total. The molecule has 15 heavy (non-hydrogen) atoms. The van der Waals surface area contributed by atoms with Crippen molar-refractivity contribution < 1.29 is 4.79 Å². The zero-order chi connectivity index (χ0) is 10.8. The van der Waals surface area contributed by atoms with E-state index < -0.39 is 5.92 Å². The molecule has 1 aromatic carbocycles. The Kier molecular flexibility index (Phi) is 2.26. The molecule has 0 aliphatic rings. The molecule has 3 heteroatoms. The molecule has 0 saturated heterocycles. The third kappa shape index (κ3) is 1.50. The van der Waals surface area contributed by atoms with Crippen molar-refractivity contribution in [3.05, 3.63) is 36.0 Å². The van der Waals surface area contributed by atoms with E-state index >= 15 is 0 Å². The van der Waals surface area contributed by atoms with Crippen molar-refractivity contribution in [2.24, 2.45) is 5.92 Å². The lowest BCUT2D eigenvalue weighted by Gasteiger charge is -2.03. The van der Waals surface area contributed by atoms with Gasteiger partial charge in [-0.2, -0.15) is 5.26 Å². The van der Waals surface area contributed by atoms with Crippen LogP contribution in [0.5, 0.6) is 0 Å². The molecule has 0 radical (unpaired) electrons. The summed E-state index contributed by atoms with van der Waals surface area (Å²) in [4.78, 5) is 14.9. The molecule has 3 nitrogen and oxygen atoms in total. The van der Waals surface area contributed by atoms with E-state index in [1.165, 1.54) is 0 Å². The van der Waals surface area contributed by atoms with Crippen LogP contribution in [0.25, 0.3) is 10.9 Å². The molecule has 0 spiro atoms. The average Bonchev–Trinajstić information content (AvgIpc) is 2.74. The minimum atomic E-state index is -0.598. The van der Waals surface area contributed by atoms with Gasteiger partial charge in [0.2, 0.25) is 0 Å². The molecule has 0 bridgehead atoms. The number of rotatable bonds is 2. The maximum absolute atomic E-state index is 11.8.